The lowest BCUT2D eigenvalue weighted by Crippen LogP contribution is -2.31. The topological polar surface area (TPSA) is 53.4 Å². The van der Waals surface area contributed by atoms with Crippen LogP contribution in [-0.2, 0) is 4.79 Å². The fraction of sp³-hybridized carbons (Fsp3) is 0.150. The van der Waals surface area contributed by atoms with Crippen LogP contribution in [-0.4, -0.2) is 39.5 Å². The molecule has 126 valence electrons. The monoisotopic (exact) mass is 350 g/mol. The quantitative estimate of drug-likeness (QED) is 0.723. The molecule has 0 aliphatic heterocycles. The van der Waals surface area contributed by atoms with Crippen LogP contribution < -0.4 is 0 Å². The van der Waals surface area contributed by atoms with Crippen molar-refractivity contribution in [2.45, 2.75) is 6.92 Å². The van der Waals surface area contributed by atoms with E-state index in [0.717, 1.165) is 33.3 Å². The van der Waals surface area contributed by atoms with Gasteiger partial charge in [-0.25, -0.2) is 4.98 Å². The number of likely N-dealkylation sites (N-methyl/N-ethyl adjacent to an activating group) is 1. The molecule has 25 heavy (non-hydrogen) atoms. The molecule has 0 saturated heterocycles. The maximum absolute atomic E-state index is 11.0. The summed E-state index contributed by atoms with van der Waals surface area (Å²) in [6, 6.07) is 17.8. The van der Waals surface area contributed by atoms with Crippen LogP contribution in [0.15, 0.2) is 54.6 Å². The molecular formula is C20H18N2O2S. The van der Waals surface area contributed by atoms with E-state index in [2.05, 4.69) is 0 Å². The van der Waals surface area contributed by atoms with Gasteiger partial charge < -0.3 is 10.0 Å². The Labute approximate surface area is 151 Å². The summed E-state index contributed by atoms with van der Waals surface area (Å²) in [7, 11) is 1.69. The highest BCUT2D eigenvalue weighted by atomic mass is 32.1. The van der Waals surface area contributed by atoms with Crippen LogP contribution in [0, 0.1) is 6.92 Å². The van der Waals surface area contributed by atoms with E-state index >= 15 is 0 Å². The fourth-order valence-corrected chi connectivity index (χ4v) is 3.06. The van der Waals surface area contributed by atoms with Gasteiger partial charge in [-0.15, -0.1) is 0 Å². The van der Waals surface area contributed by atoms with Crippen molar-refractivity contribution in [1.82, 2.24) is 9.88 Å². The number of benzene rings is 2. The van der Waals surface area contributed by atoms with Gasteiger partial charge in [-0.1, -0.05) is 54.7 Å². The number of hydrogen-bond donors (Lipinski definition) is 1. The van der Waals surface area contributed by atoms with E-state index in [1.165, 1.54) is 0 Å². The molecule has 1 aromatic heterocycles. The number of hydrogen-bond acceptors (Lipinski definition) is 3. The van der Waals surface area contributed by atoms with Gasteiger partial charge in [0.25, 0.3) is 0 Å². The molecule has 4 nitrogen and oxygen atoms in total. The van der Waals surface area contributed by atoms with Crippen molar-refractivity contribution in [3.63, 3.8) is 0 Å². The van der Waals surface area contributed by atoms with Gasteiger partial charge in [-0.2, -0.15) is 0 Å². The zero-order valence-corrected chi connectivity index (χ0v) is 14.9. The van der Waals surface area contributed by atoms with Crippen molar-refractivity contribution in [1.29, 1.82) is 0 Å². The maximum atomic E-state index is 11.0. The number of aliphatic carboxylic acids is 1. The molecule has 0 amide bonds. The number of carboxylic acids is 1. The molecule has 0 spiro atoms. The van der Waals surface area contributed by atoms with E-state index in [1.807, 2.05) is 61.5 Å². The van der Waals surface area contributed by atoms with Gasteiger partial charge in [0.1, 0.15) is 11.5 Å². The molecule has 3 rings (SSSR count). The van der Waals surface area contributed by atoms with Gasteiger partial charge >= 0.3 is 5.97 Å². The molecule has 2 aromatic carbocycles. The molecule has 0 unspecified atom stereocenters. The van der Waals surface area contributed by atoms with Gasteiger partial charge in [-0.3, -0.25) is 4.79 Å². The molecule has 0 bridgehead atoms. The van der Waals surface area contributed by atoms with Crippen molar-refractivity contribution in [2.75, 3.05) is 13.6 Å². The highest BCUT2D eigenvalue weighted by molar-refractivity contribution is 7.80. The molecule has 0 saturated carbocycles. The summed E-state index contributed by atoms with van der Waals surface area (Å²) in [5.41, 5.74) is 4.66. The predicted octanol–water partition coefficient (Wildman–Crippen LogP) is 3.90. The number of nitrogens with zero attached hydrogens (tertiary/aromatic N) is 2. The third kappa shape index (κ3) is 3.51. The summed E-state index contributed by atoms with van der Waals surface area (Å²) in [5, 5.41) is 9.97. The summed E-state index contributed by atoms with van der Waals surface area (Å²) < 4.78 is 0. The molecule has 0 radical (unpaired) electrons. The summed E-state index contributed by atoms with van der Waals surface area (Å²) in [4.78, 5) is 17.9. The lowest BCUT2D eigenvalue weighted by molar-refractivity contribution is -0.137. The first kappa shape index (κ1) is 17.0. The molecular weight excluding hydrogens is 332 g/mol. The average Bonchev–Trinajstić information content (AvgIpc) is 2.60. The fourth-order valence-electron chi connectivity index (χ4n) is 2.83. The van der Waals surface area contributed by atoms with E-state index < -0.39 is 5.97 Å². The standard InChI is InChI=1S/C20H18N2O2S/c1-13-7-3-4-8-14(13)18-11-16(20(25)22(2)12-19(23)24)15-9-5-6-10-17(15)21-18/h3-11H,12H2,1-2H3,(H,23,24). The van der Waals surface area contributed by atoms with Crippen molar-refractivity contribution in [3.05, 3.63) is 65.7 Å². The van der Waals surface area contributed by atoms with Crippen molar-refractivity contribution in [3.8, 4) is 11.3 Å². The number of para-hydroxylation sites is 1. The Morgan fingerprint density at radius 3 is 2.56 bits per heavy atom. The number of thiocarbonyl (C=S) groups is 1. The molecule has 0 aliphatic carbocycles. The first-order valence-corrected chi connectivity index (χ1v) is 8.31. The molecule has 1 heterocycles. The SMILES string of the molecule is Cc1ccccc1-c1cc(C(=S)N(C)CC(=O)O)c2ccccc2n1. The Kier molecular flexibility index (Phi) is 4.76. The van der Waals surface area contributed by atoms with Crippen LogP contribution in [0.1, 0.15) is 11.1 Å². The van der Waals surface area contributed by atoms with E-state index in [9.17, 15) is 4.79 Å². The molecule has 3 aromatic rings. The highest BCUT2D eigenvalue weighted by Gasteiger charge is 2.16. The van der Waals surface area contributed by atoms with Crippen molar-refractivity contribution >= 4 is 34.1 Å². The Balaban J connectivity index is 2.18. The van der Waals surface area contributed by atoms with E-state index in [0.29, 0.717) is 4.99 Å². The number of aromatic nitrogens is 1. The zero-order chi connectivity index (χ0) is 18.0. The van der Waals surface area contributed by atoms with Crippen molar-refractivity contribution in [2.24, 2.45) is 0 Å². The average molecular weight is 350 g/mol. The van der Waals surface area contributed by atoms with Crippen LogP contribution in [0.4, 0.5) is 0 Å². The number of carbonyl (C=O) groups is 1. The number of pyridine rings is 1. The van der Waals surface area contributed by atoms with Gasteiger partial charge in [0.05, 0.1) is 11.2 Å². The Morgan fingerprint density at radius 2 is 1.84 bits per heavy atom. The summed E-state index contributed by atoms with van der Waals surface area (Å²) >= 11 is 5.57. The van der Waals surface area contributed by atoms with Crippen molar-refractivity contribution < 1.29 is 9.90 Å². The molecule has 1 N–H and O–H groups in total. The molecule has 0 fully saturated rings. The predicted molar refractivity (Wildman–Crippen MR) is 104 cm³/mol. The van der Waals surface area contributed by atoms with Crippen LogP contribution in [0.5, 0.6) is 0 Å². The summed E-state index contributed by atoms with van der Waals surface area (Å²) in [6.07, 6.45) is 0. The number of carboxylic acid groups (broad SMARTS) is 1. The Hall–Kier alpha value is -2.79. The third-order valence-electron chi connectivity index (χ3n) is 4.09. The molecule has 0 atom stereocenters. The second kappa shape index (κ2) is 6.99. The van der Waals surface area contributed by atoms with Crippen LogP contribution in [0.3, 0.4) is 0 Å². The summed E-state index contributed by atoms with van der Waals surface area (Å²) in [6.45, 7) is 1.90. The number of fused-ring (bicyclic) bond motifs is 1. The minimum atomic E-state index is -0.915. The van der Waals surface area contributed by atoms with E-state index in [-0.39, 0.29) is 6.54 Å². The number of aryl methyl sites for hydroxylation is 1. The minimum Gasteiger partial charge on any atom is -0.480 e. The third-order valence-corrected chi connectivity index (χ3v) is 4.62. The Bertz CT molecular complexity index is 969. The van der Waals surface area contributed by atoms with E-state index in [4.69, 9.17) is 22.3 Å². The molecule has 5 heteroatoms. The van der Waals surface area contributed by atoms with Gasteiger partial charge in [0, 0.05) is 23.6 Å². The first-order valence-electron chi connectivity index (χ1n) is 7.90. The lowest BCUT2D eigenvalue weighted by atomic mass is 10.0. The minimum absolute atomic E-state index is 0.144. The smallest absolute Gasteiger partial charge is 0.323 e. The maximum Gasteiger partial charge on any atom is 0.323 e. The van der Waals surface area contributed by atoms with Gasteiger partial charge in [0.2, 0.25) is 0 Å². The van der Waals surface area contributed by atoms with Crippen LogP contribution >= 0.6 is 12.2 Å². The lowest BCUT2D eigenvalue weighted by Gasteiger charge is -2.20. The highest BCUT2D eigenvalue weighted by Crippen LogP contribution is 2.27. The molecule has 0 aliphatic rings. The first-order chi connectivity index (χ1) is 12.0. The van der Waals surface area contributed by atoms with Crippen LogP contribution in [0.25, 0.3) is 22.2 Å². The van der Waals surface area contributed by atoms with Gasteiger partial charge in [-0.05, 0) is 24.6 Å². The Morgan fingerprint density at radius 1 is 1.16 bits per heavy atom. The largest absolute Gasteiger partial charge is 0.480 e. The zero-order valence-electron chi connectivity index (χ0n) is 14.1. The van der Waals surface area contributed by atoms with E-state index in [1.54, 1.807) is 11.9 Å². The number of rotatable bonds is 4. The van der Waals surface area contributed by atoms with Gasteiger partial charge in [0.15, 0.2) is 0 Å². The second-order valence-electron chi connectivity index (χ2n) is 5.94. The second-order valence-corrected chi connectivity index (χ2v) is 6.33. The normalized spacial score (nSPS) is 10.6. The van der Waals surface area contributed by atoms with Crippen LogP contribution in [0.2, 0.25) is 0 Å². The summed E-state index contributed by atoms with van der Waals surface area (Å²) in [5.74, 6) is -0.915.